The molecular weight excluding hydrogens is 144 g/mol. The van der Waals surface area contributed by atoms with E-state index in [1.165, 1.54) is 32.1 Å². The lowest BCUT2D eigenvalue weighted by molar-refractivity contribution is 0.759. The Kier molecular flexibility index (Phi) is 5.35. The number of allylic oxidation sites excluding steroid dienone is 6. The van der Waals surface area contributed by atoms with Gasteiger partial charge in [-0.1, -0.05) is 30.4 Å². The second-order valence-electron chi connectivity index (χ2n) is 3.11. The van der Waals surface area contributed by atoms with Crippen molar-refractivity contribution in [1.82, 2.24) is 0 Å². The molecule has 12 heavy (non-hydrogen) atoms. The van der Waals surface area contributed by atoms with Crippen molar-refractivity contribution < 1.29 is 0 Å². The first-order chi connectivity index (χ1) is 6.00. The summed E-state index contributed by atoms with van der Waals surface area (Å²) in [6.45, 7) is 0. The zero-order chi connectivity index (χ0) is 8.49. The van der Waals surface area contributed by atoms with Crippen LogP contribution in [0.4, 0.5) is 0 Å². The summed E-state index contributed by atoms with van der Waals surface area (Å²) >= 11 is 0. The van der Waals surface area contributed by atoms with E-state index in [-0.39, 0.29) is 0 Å². The fraction of sp³-hybridized carbons (Fsp3) is 0.500. The van der Waals surface area contributed by atoms with Gasteiger partial charge in [-0.3, -0.25) is 0 Å². The molecule has 0 unspecified atom stereocenters. The van der Waals surface area contributed by atoms with E-state index in [1.54, 1.807) is 0 Å². The zero-order valence-corrected chi connectivity index (χ0v) is 7.63. The van der Waals surface area contributed by atoms with Gasteiger partial charge in [0.05, 0.1) is 0 Å². The van der Waals surface area contributed by atoms with Crippen molar-refractivity contribution in [2.24, 2.45) is 0 Å². The molecule has 65 valence electrons. The molecule has 0 aliphatic heterocycles. The maximum absolute atomic E-state index is 3.17. The molecule has 0 bridgehead atoms. The Balaban J connectivity index is 2.31. The topological polar surface area (TPSA) is 0 Å². The van der Waals surface area contributed by atoms with Gasteiger partial charge in [0.1, 0.15) is 0 Å². The Morgan fingerprint density at radius 3 is 2.50 bits per heavy atom. The summed E-state index contributed by atoms with van der Waals surface area (Å²) in [5, 5.41) is 0. The smallest absolute Gasteiger partial charge is 0.0230 e. The molecule has 1 aliphatic rings. The van der Waals surface area contributed by atoms with Crippen molar-refractivity contribution in [3.8, 4) is 0 Å². The average molecular weight is 161 g/mol. The maximum atomic E-state index is 3.17. The standard InChI is InChI=1S/C12H17/c1-2-4-6-8-10-12-11-9-7-5-3-1/h1-2,7,9,12H,3-6,8,10H2/b2-1+,9-7+,12-11?. The van der Waals surface area contributed by atoms with Crippen molar-refractivity contribution >= 4 is 0 Å². The first-order valence-corrected chi connectivity index (χ1v) is 4.88. The van der Waals surface area contributed by atoms with Crippen LogP contribution in [-0.2, 0) is 0 Å². The molecule has 0 fully saturated rings. The second kappa shape index (κ2) is 6.90. The molecule has 1 radical (unpaired) electrons. The van der Waals surface area contributed by atoms with Crippen LogP contribution < -0.4 is 0 Å². The van der Waals surface area contributed by atoms with E-state index in [9.17, 15) is 0 Å². The molecule has 1 rings (SSSR count). The van der Waals surface area contributed by atoms with Crippen LogP contribution in [0.25, 0.3) is 0 Å². The maximum Gasteiger partial charge on any atom is -0.0230 e. The van der Waals surface area contributed by atoms with Crippen LogP contribution in [0.1, 0.15) is 38.5 Å². The predicted molar refractivity (Wildman–Crippen MR) is 53.8 cm³/mol. The van der Waals surface area contributed by atoms with Gasteiger partial charge in [0.2, 0.25) is 0 Å². The molecule has 0 N–H and O–H groups in total. The normalized spacial score (nSPS) is 28.0. The minimum atomic E-state index is 1.15. The van der Waals surface area contributed by atoms with Crippen molar-refractivity contribution in [2.75, 3.05) is 0 Å². The lowest BCUT2D eigenvalue weighted by Gasteiger charge is -1.93. The van der Waals surface area contributed by atoms with Crippen LogP contribution in [-0.4, -0.2) is 0 Å². The van der Waals surface area contributed by atoms with E-state index in [4.69, 9.17) is 0 Å². The monoisotopic (exact) mass is 161 g/mol. The minimum absolute atomic E-state index is 1.15. The van der Waals surface area contributed by atoms with Crippen molar-refractivity contribution in [2.45, 2.75) is 38.5 Å². The first kappa shape index (κ1) is 9.31. The molecule has 0 heterocycles. The van der Waals surface area contributed by atoms with Crippen LogP contribution in [0.5, 0.6) is 0 Å². The summed E-state index contributed by atoms with van der Waals surface area (Å²) in [6.07, 6.45) is 21.5. The molecule has 0 amide bonds. The third kappa shape index (κ3) is 4.95. The summed E-state index contributed by atoms with van der Waals surface area (Å²) in [7, 11) is 0. The molecule has 0 saturated carbocycles. The highest BCUT2D eigenvalue weighted by Gasteiger charge is 1.84. The van der Waals surface area contributed by atoms with Gasteiger partial charge in [-0.2, -0.15) is 0 Å². The molecule has 0 spiro atoms. The number of hydrogen-bond donors (Lipinski definition) is 0. The average Bonchev–Trinajstić information content (AvgIpc) is 2.05. The molecule has 1 aliphatic carbocycles. The lowest BCUT2D eigenvalue weighted by Crippen LogP contribution is -1.74. The molecular formula is C12H17. The summed E-state index contributed by atoms with van der Waals surface area (Å²) in [5.41, 5.74) is 0. The summed E-state index contributed by atoms with van der Waals surface area (Å²) in [5.74, 6) is 0. The number of hydrogen-bond acceptors (Lipinski definition) is 0. The van der Waals surface area contributed by atoms with Gasteiger partial charge in [0.15, 0.2) is 0 Å². The summed E-state index contributed by atoms with van der Waals surface area (Å²) in [6, 6.07) is 0. The van der Waals surface area contributed by atoms with Gasteiger partial charge >= 0.3 is 0 Å². The third-order valence-corrected chi connectivity index (χ3v) is 1.97. The van der Waals surface area contributed by atoms with Gasteiger partial charge < -0.3 is 0 Å². The Labute approximate surface area is 75.7 Å². The van der Waals surface area contributed by atoms with Crippen LogP contribution in [0.2, 0.25) is 0 Å². The zero-order valence-electron chi connectivity index (χ0n) is 7.63. The number of rotatable bonds is 0. The molecule has 0 nitrogen and oxygen atoms in total. The Morgan fingerprint density at radius 2 is 1.50 bits per heavy atom. The van der Waals surface area contributed by atoms with Crippen molar-refractivity contribution in [1.29, 1.82) is 0 Å². The Morgan fingerprint density at radius 1 is 0.750 bits per heavy atom. The second-order valence-corrected chi connectivity index (χ2v) is 3.11. The first-order valence-electron chi connectivity index (χ1n) is 4.88. The van der Waals surface area contributed by atoms with Gasteiger partial charge in [-0.15, -0.1) is 0 Å². The van der Waals surface area contributed by atoms with Gasteiger partial charge in [0, 0.05) is 0 Å². The van der Waals surface area contributed by atoms with Gasteiger partial charge in [-0.05, 0) is 44.6 Å². The van der Waals surface area contributed by atoms with E-state index in [0.29, 0.717) is 0 Å². The van der Waals surface area contributed by atoms with Crippen molar-refractivity contribution in [3.63, 3.8) is 0 Å². The van der Waals surface area contributed by atoms with Gasteiger partial charge in [0.25, 0.3) is 0 Å². The molecule has 0 aromatic heterocycles. The lowest BCUT2D eigenvalue weighted by atomic mass is 10.1. The molecule has 0 saturated heterocycles. The largest absolute Gasteiger partial charge is 0.0885 e. The molecule has 0 aromatic rings. The molecule has 0 atom stereocenters. The Bertz CT molecular complexity index is 172. The highest BCUT2D eigenvalue weighted by molar-refractivity contribution is 4.97. The quantitative estimate of drug-likeness (QED) is 0.474. The highest BCUT2D eigenvalue weighted by atomic mass is 13.9. The molecule has 0 aromatic carbocycles. The molecule has 0 heteroatoms. The van der Waals surface area contributed by atoms with E-state index in [0.717, 1.165) is 6.42 Å². The minimum Gasteiger partial charge on any atom is -0.0885 e. The van der Waals surface area contributed by atoms with Gasteiger partial charge in [-0.25, -0.2) is 0 Å². The summed E-state index contributed by atoms with van der Waals surface area (Å²) < 4.78 is 0. The van der Waals surface area contributed by atoms with Crippen LogP contribution in [0.15, 0.2) is 30.4 Å². The van der Waals surface area contributed by atoms with E-state index < -0.39 is 0 Å². The Hall–Kier alpha value is -0.780. The van der Waals surface area contributed by atoms with Crippen LogP contribution >= 0.6 is 0 Å². The van der Waals surface area contributed by atoms with Crippen LogP contribution in [0.3, 0.4) is 0 Å². The van der Waals surface area contributed by atoms with E-state index in [2.05, 4.69) is 30.4 Å². The third-order valence-electron chi connectivity index (χ3n) is 1.97. The highest BCUT2D eigenvalue weighted by Crippen LogP contribution is 2.04. The van der Waals surface area contributed by atoms with Crippen LogP contribution in [0, 0.1) is 6.08 Å². The SMILES string of the molecule is [C]1=C\CCCC/C=C/CC/C=C/1. The van der Waals surface area contributed by atoms with Crippen molar-refractivity contribution in [3.05, 3.63) is 36.5 Å². The van der Waals surface area contributed by atoms with E-state index in [1.807, 2.05) is 6.08 Å². The fourth-order valence-electron chi connectivity index (χ4n) is 1.24. The summed E-state index contributed by atoms with van der Waals surface area (Å²) in [4.78, 5) is 0. The predicted octanol–water partition coefficient (Wildman–Crippen LogP) is 3.81. The van der Waals surface area contributed by atoms with E-state index >= 15 is 0 Å². The fourth-order valence-corrected chi connectivity index (χ4v) is 1.24.